The van der Waals surface area contributed by atoms with E-state index < -0.39 is 15.7 Å². The summed E-state index contributed by atoms with van der Waals surface area (Å²) in [4.78, 5) is 12.4. The molecule has 26 heavy (non-hydrogen) atoms. The van der Waals surface area contributed by atoms with Gasteiger partial charge in [-0.05, 0) is 42.5 Å². The number of nitrogens with zero attached hydrogens (tertiary/aromatic N) is 2. The van der Waals surface area contributed by atoms with Crippen LogP contribution in [0.1, 0.15) is 10.4 Å². The molecule has 0 spiro atoms. The lowest BCUT2D eigenvalue weighted by Crippen LogP contribution is -2.12. The summed E-state index contributed by atoms with van der Waals surface area (Å²) in [5.74, 6) is -0.406. The lowest BCUT2D eigenvalue weighted by atomic mass is 10.2. The Bertz CT molecular complexity index is 1080. The molecule has 2 aromatic carbocycles. The van der Waals surface area contributed by atoms with Crippen molar-refractivity contribution in [3.8, 4) is 11.5 Å². The van der Waals surface area contributed by atoms with Gasteiger partial charge in [0.1, 0.15) is 0 Å². The zero-order valence-corrected chi connectivity index (χ0v) is 15.6. The van der Waals surface area contributed by atoms with Gasteiger partial charge in [-0.1, -0.05) is 28.3 Å². The summed E-state index contributed by atoms with van der Waals surface area (Å²) in [5, 5.41) is 10.6. The molecule has 0 unspecified atom stereocenters. The smallest absolute Gasteiger partial charge is 0.322 e. The molecule has 0 saturated carbocycles. The predicted molar refractivity (Wildman–Crippen MR) is 97.3 cm³/mol. The molecule has 10 heteroatoms. The number of sulfone groups is 1. The van der Waals surface area contributed by atoms with E-state index in [1.807, 2.05) is 0 Å². The monoisotopic (exact) mass is 411 g/mol. The highest BCUT2D eigenvalue weighted by atomic mass is 35.5. The van der Waals surface area contributed by atoms with E-state index in [0.717, 1.165) is 6.26 Å². The number of aromatic nitrogens is 2. The fourth-order valence-corrected chi connectivity index (χ4v) is 3.20. The molecule has 0 bridgehead atoms. The Morgan fingerprint density at radius 2 is 1.77 bits per heavy atom. The third-order valence-electron chi connectivity index (χ3n) is 3.35. The van der Waals surface area contributed by atoms with Gasteiger partial charge in [-0.2, -0.15) is 0 Å². The molecule has 134 valence electrons. The van der Waals surface area contributed by atoms with Gasteiger partial charge in [0.25, 0.3) is 5.91 Å². The van der Waals surface area contributed by atoms with Crippen molar-refractivity contribution in [1.29, 1.82) is 0 Å². The zero-order valence-electron chi connectivity index (χ0n) is 13.2. The molecule has 1 amide bonds. The molecule has 0 aliphatic rings. The number of carbonyl (C=O) groups is 1. The maximum absolute atomic E-state index is 12.2. The Morgan fingerprint density at radius 1 is 1.08 bits per heavy atom. The van der Waals surface area contributed by atoms with Crippen molar-refractivity contribution >= 4 is 45.0 Å². The summed E-state index contributed by atoms with van der Waals surface area (Å²) in [6, 6.07) is 10.3. The molecule has 1 N–H and O–H groups in total. The molecule has 1 aromatic heterocycles. The van der Waals surface area contributed by atoms with Gasteiger partial charge in [0.2, 0.25) is 5.89 Å². The number of benzene rings is 2. The van der Waals surface area contributed by atoms with Crippen molar-refractivity contribution in [1.82, 2.24) is 10.2 Å². The SMILES string of the molecule is CS(=O)(=O)c1ccc(-c2nnc(NC(=O)c3ccc(Cl)cc3Cl)o2)cc1. The minimum absolute atomic E-state index is 0.122. The fraction of sp³-hybridized carbons (Fsp3) is 0.0625. The van der Waals surface area contributed by atoms with Gasteiger partial charge < -0.3 is 4.42 Å². The van der Waals surface area contributed by atoms with E-state index in [1.165, 1.54) is 42.5 Å². The number of carbonyl (C=O) groups excluding carboxylic acids is 1. The van der Waals surface area contributed by atoms with Crippen LogP contribution in [-0.4, -0.2) is 30.8 Å². The predicted octanol–water partition coefficient (Wildman–Crippen LogP) is 3.70. The number of halogens is 2. The second kappa shape index (κ2) is 7.06. The van der Waals surface area contributed by atoms with E-state index in [0.29, 0.717) is 10.6 Å². The first-order chi connectivity index (χ1) is 12.2. The molecule has 0 atom stereocenters. The standard InChI is InChI=1S/C16H11Cl2N3O4S/c1-26(23,24)11-5-2-9(3-6-11)15-20-21-16(25-15)19-14(22)12-7-4-10(17)8-13(12)18/h2-8H,1H3,(H,19,21,22). The van der Waals surface area contributed by atoms with E-state index in [2.05, 4.69) is 15.5 Å². The summed E-state index contributed by atoms with van der Waals surface area (Å²) < 4.78 is 28.3. The van der Waals surface area contributed by atoms with Crippen LogP contribution in [0.4, 0.5) is 6.01 Å². The lowest BCUT2D eigenvalue weighted by Gasteiger charge is -2.03. The van der Waals surface area contributed by atoms with Crippen molar-refractivity contribution in [2.45, 2.75) is 4.90 Å². The van der Waals surface area contributed by atoms with E-state index in [4.69, 9.17) is 27.6 Å². The summed E-state index contributed by atoms with van der Waals surface area (Å²) >= 11 is 11.8. The van der Waals surface area contributed by atoms with E-state index in [9.17, 15) is 13.2 Å². The number of hydrogen-bond donors (Lipinski definition) is 1. The molecular weight excluding hydrogens is 401 g/mol. The topological polar surface area (TPSA) is 102 Å². The van der Waals surface area contributed by atoms with Gasteiger partial charge >= 0.3 is 6.01 Å². The fourth-order valence-electron chi connectivity index (χ4n) is 2.07. The highest BCUT2D eigenvalue weighted by molar-refractivity contribution is 7.90. The van der Waals surface area contributed by atoms with Gasteiger partial charge in [0.15, 0.2) is 9.84 Å². The number of anilines is 1. The van der Waals surface area contributed by atoms with Gasteiger partial charge in [-0.3, -0.25) is 10.1 Å². The normalized spacial score (nSPS) is 11.3. The Morgan fingerprint density at radius 3 is 2.38 bits per heavy atom. The van der Waals surface area contributed by atoms with Crippen molar-refractivity contribution in [3.05, 3.63) is 58.1 Å². The van der Waals surface area contributed by atoms with Crippen molar-refractivity contribution in [2.75, 3.05) is 11.6 Å². The van der Waals surface area contributed by atoms with Crippen LogP contribution in [0.15, 0.2) is 51.8 Å². The lowest BCUT2D eigenvalue weighted by molar-refractivity contribution is 0.102. The third kappa shape index (κ3) is 4.04. The Labute approximate surface area is 158 Å². The average molecular weight is 412 g/mol. The van der Waals surface area contributed by atoms with Crippen molar-refractivity contribution in [2.24, 2.45) is 0 Å². The minimum atomic E-state index is -3.30. The molecule has 0 saturated heterocycles. The number of rotatable bonds is 4. The van der Waals surface area contributed by atoms with Crippen LogP contribution in [0, 0.1) is 0 Å². The maximum Gasteiger partial charge on any atom is 0.322 e. The van der Waals surface area contributed by atoms with Crippen LogP contribution < -0.4 is 5.32 Å². The van der Waals surface area contributed by atoms with Gasteiger partial charge in [-0.25, -0.2) is 8.42 Å². The molecule has 0 fully saturated rings. The first-order valence-corrected chi connectivity index (χ1v) is 9.79. The maximum atomic E-state index is 12.2. The van der Waals surface area contributed by atoms with Crippen LogP contribution in [0.2, 0.25) is 10.0 Å². The van der Waals surface area contributed by atoms with Crippen LogP contribution >= 0.6 is 23.2 Å². The number of nitrogens with one attached hydrogen (secondary N) is 1. The first kappa shape index (κ1) is 18.4. The van der Waals surface area contributed by atoms with Gasteiger partial charge in [-0.15, -0.1) is 5.10 Å². The summed E-state index contributed by atoms with van der Waals surface area (Å²) in [6.45, 7) is 0. The quantitative estimate of drug-likeness (QED) is 0.701. The molecular formula is C16H11Cl2N3O4S. The molecule has 3 aromatic rings. The number of hydrogen-bond acceptors (Lipinski definition) is 6. The van der Waals surface area contributed by atoms with Crippen LogP contribution in [0.3, 0.4) is 0 Å². The molecule has 0 aliphatic carbocycles. The Hall–Kier alpha value is -2.42. The summed E-state index contributed by atoms with van der Waals surface area (Å²) in [6.07, 6.45) is 1.12. The zero-order chi connectivity index (χ0) is 18.9. The van der Waals surface area contributed by atoms with Crippen LogP contribution in [-0.2, 0) is 9.84 Å². The summed E-state index contributed by atoms with van der Waals surface area (Å²) in [7, 11) is -3.30. The minimum Gasteiger partial charge on any atom is -0.403 e. The molecule has 7 nitrogen and oxygen atoms in total. The first-order valence-electron chi connectivity index (χ1n) is 7.14. The van der Waals surface area contributed by atoms with E-state index >= 15 is 0 Å². The van der Waals surface area contributed by atoms with Crippen molar-refractivity contribution in [3.63, 3.8) is 0 Å². The third-order valence-corrected chi connectivity index (χ3v) is 5.03. The molecule has 0 radical (unpaired) electrons. The van der Waals surface area contributed by atoms with E-state index in [-0.39, 0.29) is 27.4 Å². The highest BCUT2D eigenvalue weighted by Gasteiger charge is 2.16. The Balaban J connectivity index is 1.78. The molecule has 3 rings (SSSR count). The van der Waals surface area contributed by atoms with Crippen molar-refractivity contribution < 1.29 is 17.6 Å². The Kier molecular flexibility index (Phi) is 4.99. The van der Waals surface area contributed by atoms with Crippen LogP contribution in [0.25, 0.3) is 11.5 Å². The highest BCUT2D eigenvalue weighted by Crippen LogP contribution is 2.24. The average Bonchev–Trinajstić information content (AvgIpc) is 3.02. The second-order valence-corrected chi connectivity index (χ2v) is 8.15. The van der Waals surface area contributed by atoms with E-state index in [1.54, 1.807) is 0 Å². The summed E-state index contributed by atoms with van der Waals surface area (Å²) in [5.41, 5.74) is 0.711. The van der Waals surface area contributed by atoms with Gasteiger partial charge in [0, 0.05) is 16.8 Å². The molecule has 1 heterocycles. The largest absolute Gasteiger partial charge is 0.403 e. The molecule has 0 aliphatic heterocycles. The van der Waals surface area contributed by atoms with Gasteiger partial charge in [0.05, 0.1) is 15.5 Å². The number of amides is 1. The van der Waals surface area contributed by atoms with Crippen LogP contribution in [0.5, 0.6) is 0 Å². The second-order valence-electron chi connectivity index (χ2n) is 5.29.